The number of carboxylic acids is 1. The van der Waals surface area contributed by atoms with Gasteiger partial charge >= 0.3 is 5.97 Å². The van der Waals surface area contributed by atoms with Gasteiger partial charge in [0.15, 0.2) is 23.0 Å². The molecule has 0 aliphatic heterocycles. The number of carbonyl (C=O) groups excluding carboxylic acids is 1. The summed E-state index contributed by atoms with van der Waals surface area (Å²) in [7, 11) is 4.25. The molecule has 0 saturated carbocycles. The molecule has 0 aliphatic carbocycles. The molecule has 0 saturated heterocycles. The maximum atomic E-state index is 12.9. The van der Waals surface area contributed by atoms with Crippen LogP contribution < -0.4 is 25.0 Å². The standard InChI is InChI=1S/C22H21NO9/c1-29-17-9-16-18(20(31-3)19(17)30-2)14(25)8-15(32-16)11-5-4-6-12(7-11)21(26)23-13(10-24)22(27)28/h4-9,13,24H,10H2,1-3H3,(H,23,26)(H,27,28)/t13-/m0/s1. The van der Waals surface area contributed by atoms with Crippen LogP contribution >= 0.6 is 0 Å². The van der Waals surface area contributed by atoms with Gasteiger partial charge in [-0.15, -0.1) is 0 Å². The number of nitrogens with one attached hydrogen (secondary N) is 1. The summed E-state index contributed by atoms with van der Waals surface area (Å²) >= 11 is 0. The van der Waals surface area contributed by atoms with Gasteiger partial charge in [0.05, 0.1) is 27.9 Å². The molecule has 1 atom stereocenters. The van der Waals surface area contributed by atoms with Crippen LogP contribution in [0.5, 0.6) is 17.2 Å². The van der Waals surface area contributed by atoms with Crippen molar-refractivity contribution >= 4 is 22.8 Å². The minimum Gasteiger partial charge on any atom is -0.493 e. The van der Waals surface area contributed by atoms with Crippen molar-refractivity contribution in [3.8, 4) is 28.6 Å². The fourth-order valence-corrected chi connectivity index (χ4v) is 3.17. The van der Waals surface area contributed by atoms with Crippen LogP contribution in [-0.4, -0.2) is 56.1 Å². The largest absolute Gasteiger partial charge is 0.493 e. The molecule has 1 heterocycles. The number of benzene rings is 2. The Balaban J connectivity index is 2.09. The zero-order chi connectivity index (χ0) is 23.4. The first-order chi connectivity index (χ1) is 15.3. The molecule has 0 aliphatic rings. The number of aliphatic carboxylic acids is 1. The van der Waals surface area contributed by atoms with E-state index in [1.165, 1.54) is 45.6 Å². The Kier molecular flexibility index (Phi) is 6.64. The van der Waals surface area contributed by atoms with Crippen molar-refractivity contribution in [2.45, 2.75) is 6.04 Å². The van der Waals surface area contributed by atoms with E-state index in [9.17, 15) is 14.4 Å². The molecule has 168 valence electrons. The molecule has 0 unspecified atom stereocenters. The van der Waals surface area contributed by atoms with E-state index in [0.717, 1.165) is 0 Å². The van der Waals surface area contributed by atoms with Crippen LogP contribution in [0.3, 0.4) is 0 Å². The van der Waals surface area contributed by atoms with Gasteiger partial charge in [-0.2, -0.15) is 0 Å². The Morgan fingerprint density at radius 3 is 2.38 bits per heavy atom. The Morgan fingerprint density at radius 2 is 1.78 bits per heavy atom. The summed E-state index contributed by atoms with van der Waals surface area (Å²) in [4.78, 5) is 36.3. The summed E-state index contributed by atoms with van der Waals surface area (Å²) in [5.41, 5.74) is 0.305. The van der Waals surface area contributed by atoms with E-state index in [1.807, 2.05) is 0 Å². The van der Waals surface area contributed by atoms with Crippen LogP contribution in [0.4, 0.5) is 0 Å². The maximum absolute atomic E-state index is 12.9. The second-order valence-electron chi connectivity index (χ2n) is 6.62. The number of hydrogen-bond donors (Lipinski definition) is 3. The molecular formula is C22H21NO9. The van der Waals surface area contributed by atoms with Gasteiger partial charge in [0.1, 0.15) is 16.7 Å². The summed E-state index contributed by atoms with van der Waals surface area (Å²) < 4.78 is 21.9. The highest BCUT2D eigenvalue weighted by atomic mass is 16.5. The number of carboxylic acid groups (broad SMARTS) is 1. The van der Waals surface area contributed by atoms with Crippen LogP contribution in [0, 0.1) is 0 Å². The van der Waals surface area contributed by atoms with Gasteiger partial charge in [-0.3, -0.25) is 9.59 Å². The first-order valence-corrected chi connectivity index (χ1v) is 9.36. The molecular weight excluding hydrogens is 422 g/mol. The number of carbonyl (C=O) groups is 2. The molecule has 10 nitrogen and oxygen atoms in total. The third-order valence-electron chi connectivity index (χ3n) is 4.72. The molecule has 32 heavy (non-hydrogen) atoms. The fraction of sp³-hybridized carbons (Fsp3) is 0.227. The first kappa shape index (κ1) is 22.6. The van der Waals surface area contributed by atoms with Gasteiger partial charge < -0.3 is 34.2 Å². The van der Waals surface area contributed by atoms with Crippen molar-refractivity contribution in [3.05, 3.63) is 52.2 Å². The van der Waals surface area contributed by atoms with Crippen LogP contribution in [0.2, 0.25) is 0 Å². The molecule has 3 aromatic rings. The van der Waals surface area contributed by atoms with Gasteiger partial charge in [-0.1, -0.05) is 12.1 Å². The number of hydrogen-bond acceptors (Lipinski definition) is 8. The number of amides is 1. The average Bonchev–Trinajstić information content (AvgIpc) is 2.80. The zero-order valence-electron chi connectivity index (χ0n) is 17.5. The normalized spacial score (nSPS) is 11.6. The Morgan fingerprint density at radius 1 is 1.06 bits per heavy atom. The highest BCUT2D eigenvalue weighted by Crippen LogP contribution is 2.42. The van der Waals surface area contributed by atoms with Crippen molar-refractivity contribution in [1.82, 2.24) is 5.32 Å². The number of aliphatic hydroxyl groups is 1. The number of rotatable bonds is 8. The smallest absolute Gasteiger partial charge is 0.328 e. The number of methoxy groups -OCH3 is 3. The van der Waals surface area contributed by atoms with Gasteiger partial charge in [0.25, 0.3) is 5.91 Å². The van der Waals surface area contributed by atoms with Gasteiger partial charge in [-0.05, 0) is 12.1 Å². The predicted molar refractivity (Wildman–Crippen MR) is 114 cm³/mol. The predicted octanol–water partition coefficient (Wildman–Crippen LogP) is 1.66. The van der Waals surface area contributed by atoms with E-state index in [2.05, 4.69) is 5.32 Å². The van der Waals surface area contributed by atoms with E-state index < -0.39 is 30.0 Å². The molecule has 10 heteroatoms. The van der Waals surface area contributed by atoms with Crippen LogP contribution in [-0.2, 0) is 4.79 Å². The maximum Gasteiger partial charge on any atom is 0.328 e. The summed E-state index contributed by atoms with van der Waals surface area (Å²) in [6, 6.07) is 7.38. The SMILES string of the molecule is COc1cc2oc(-c3cccc(C(=O)N[C@@H](CO)C(=O)O)c3)cc(=O)c2c(OC)c1OC. The third kappa shape index (κ3) is 4.21. The Labute approximate surface area is 181 Å². The molecule has 0 spiro atoms. The highest BCUT2D eigenvalue weighted by Gasteiger charge is 2.22. The monoisotopic (exact) mass is 443 g/mol. The zero-order valence-corrected chi connectivity index (χ0v) is 17.5. The summed E-state index contributed by atoms with van der Waals surface area (Å²) in [5, 5.41) is 20.5. The number of fused-ring (bicyclic) bond motifs is 1. The summed E-state index contributed by atoms with van der Waals surface area (Å²) in [6.45, 7) is -0.757. The molecule has 3 N–H and O–H groups in total. The van der Waals surface area contributed by atoms with E-state index in [1.54, 1.807) is 12.1 Å². The molecule has 2 aromatic carbocycles. The van der Waals surface area contributed by atoms with Crippen molar-refractivity contribution in [2.75, 3.05) is 27.9 Å². The molecule has 0 bridgehead atoms. The van der Waals surface area contributed by atoms with E-state index >= 15 is 0 Å². The molecule has 1 amide bonds. The van der Waals surface area contributed by atoms with Crippen LogP contribution in [0.15, 0.2) is 45.6 Å². The molecule has 1 aromatic heterocycles. The summed E-state index contributed by atoms with van der Waals surface area (Å²) in [5.74, 6) is -1.19. The Bertz CT molecular complexity index is 1230. The quantitative estimate of drug-likeness (QED) is 0.473. The highest BCUT2D eigenvalue weighted by molar-refractivity contribution is 5.97. The van der Waals surface area contributed by atoms with Crippen molar-refractivity contribution < 1.29 is 38.4 Å². The van der Waals surface area contributed by atoms with E-state index in [-0.39, 0.29) is 33.8 Å². The second kappa shape index (κ2) is 9.40. The minimum atomic E-state index is -1.44. The summed E-state index contributed by atoms with van der Waals surface area (Å²) in [6.07, 6.45) is 0. The van der Waals surface area contributed by atoms with Gasteiger partial charge in [0, 0.05) is 23.3 Å². The fourth-order valence-electron chi connectivity index (χ4n) is 3.17. The minimum absolute atomic E-state index is 0.120. The van der Waals surface area contributed by atoms with Crippen LogP contribution in [0.25, 0.3) is 22.3 Å². The average molecular weight is 443 g/mol. The van der Waals surface area contributed by atoms with Crippen molar-refractivity contribution in [2.24, 2.45) is 0 Å². The van der Waals surface area contributed by atoms with Crippen LogP contribution in [0.1, 0.15) is 10.4 Å². The number of ether oxygens (including phenoxy) is 3. The molecule has 0 radical (unpaired) electrons. The lowest BCUT2D eigenvalue weighted by Gasteiger charge is -2.14. The molecule has 0 fully saturated rings. The topological polar surface area (TPSA) is 145 Å². The van der Waals surface area contributed by atoms with E-state index in [4.69, 9.17) is 28.8 Å². The van der Waals surface area contributed by atoms with E-state index in [0.29, 0.717) is 11.3 Å². The molecule has 3 rings (SSSR count). The lowest BCUT2D eigenvalue weighted by Crippen LogP contribution is -2.43. The Hall–Kier alpha value is -4.05. The number of aliphatic hydroxyl groups excluding tert-OH is 1. The lowest BCUT2D eigenvalue weighted by atomic mass is 10.1. The van der Waals surface area contributed by atoms with Crippen molar-refractivity contribution in [1.29, 1.82) is 0 Å². The first-order valence-electron chi connectivity index (χ1n) is 9.36. The lowest BCUT2D eigenvalue weighted by molar-refractivity contribution is -0.140. The van der Waals surface area contributed by atoms with Gasteiger partial charge in [0.2, 0.25) is 5.75 Å². The van der Waals surface area contributed by atoms with Gasteiger partial charge in [-0.25, -0.2) is 4.79 Å². The second-order valence-corrected chi connectivity index (χ2v) is 6.62. The third-order valence-corrected chi connectivity index (χ3v) is 4.72. The van der Waals surface area contributed by atoms with Crippen molar-refractivity contribution in [3.63, 3.8) is 0 Å².